The third kappa shape index (κ3) is 3.64. The van der Waals surface area contributed by atoms with Gasteiger partial charge >= 0.3 is 0 Å². The molecule has 6 nitrogen and oxygen atoms in total. The average molecular weight is 372 g/mol. The third-order valence-electron chi connectivity index (χ3n) is 4.43. The van der Waals surface area contributed by atoms with Crippen molar-refractivity contribution in [2.75, 3.05) is 25.2 Å². The molecular weight excluding hydrogens is 351 g/mol. The molecule has 0 spiro atoms. The molecular formula is C20H21FN2O4. The summed E-state index contributed by atoms with van der Waals surface area (Å²) in [5.41, 5.74) is -0.912. The fourth-order valence-corrected chi connectivity index (χ4v) is 2.93. The van der Waals surface area contributed by atoms with Crippen molar-refractivity contribution in [3.63, 3.8) is 0 Å². The van der Waals surface area contributed by atoms with E-state index in [0.717, 1.165) is 0 Å². The van der Waals surface area contributed by atoms with E-state index in [0.29, 0.717) is 23.6 Å². The molecule has 0 radical (unpaired) electrons. The molecule has 0 bridgehead atoms. The summed E-state index contributed by atoms with van der Waals surface area (Å²) >= 11 is 0. The Balaban J connectivity index is 1.95. The van der Waals surface area contributed by atoms with Crippen LogP contribution in [-0.2, 0) is 20.9 Å². The number of carbonyl (C=O) groups excluding carboxylic acids is 2. The lowest BCUT2D eigenvalue weighted by Gasteiger charge is -2.39. The Labute approximate surface area is 156 Å². The number of benzene rings is 2. The first-order valence-corrected chi connectivity index (χ1v) is 8.58. The minimum Gasteiger partial charge on any atom is -0.466 e. The van der Waals surface area contributed by atoms with E-state index >= 15 is 0 Å². The maximum absolute atomic E-state index is 14.1. The SMILES string of the molecule is COCCNC(=O)[C@]1(C)Oc2ccccc2N(Cc2ccccc2F)C1=O. The molecule has 1 heterocycles. The normalized spacial score (nSPS) is 18.6. The van der Waals surface area contributed by atoms with E-state index in [1.165, 1.54) is 25.0 Å². The Hall–Kier alpha value is -2.93. The molecule has 2 aromatic carbocycles. The summed E-state index contributed by atoms with van der Waals surface area (Å²) in [6.45, 7) is 1.97. The highest BCUT2D eigenvalue weighted by molar-refractivity contribution is 6.16. The fourth-order valence-electron chi connectivity index (χ4n) is 2.93. The summed E-state index contributed by atoms with van der Waals surface area (Å²) in [5, 5.41) is 2.64. The number of amides is 2. The number of ether oxygens (including phenoxy) is 2. The first-order chi connectivity index (χ1) is 13.0. The Bertz CT molecular complexity index is 857. The average Bonchev–Trinajstić information content (AvgIpc) is 2.67. The van der Waals surface area contributed by atoms with Crippen LogP contribution in [-0.4, -0.2) is 37.7 Å². The molecule has 0 aliphatic carbocycles. The van der Waals surface area contributed by atoms with Gasteiger partial charge in [-0.1, -0.05) is 30.3 Å². The second kappa shape index (κ2) is 7.75. The highest BCUT2D eigenvalue weighted by atomic mass is 19.1. The Morgan fingerprint density at radius 1 is 1.22 bits per heavy atom. The van der Waals surface area contributed by atoms with E-state index in [4.69, 9.17) is 9.47 Å². The van der Waals surface area contributed by atoms with Gasteiger partial charge < -0.3 is 19.7 Å². The molecule has 1 atom stereocenters. The molecule has 2 amide bonds. The van der Waals surface area contributed by atoms with Crippen LogP contribution >= 0.6 is 0 Å². The molecule has 1 aliphatic rings. The van der Waals surface area contributed by atoms with Crippen LogP contribution in [0.2, 0.25) is 0 Å². The third-order valence-corrected chi connectivity index (χ3v) is 4.43. The molecule has 142 valence electrons. The number of rotatable bonds is 6. The second-order valence-corrected chi connectivity index (χ2v) is 6.33. The van der Waals surface area contributed by atoms with Crippen molar-refractivity contribution in [3.8, 4) is 5.75 Å². The van der Waals surface area contributed by atoms with Crippen molar-refractivity contribution in [3.05, 3.63) is 59.9 Å². The van der Waals surface area contributed by atoms with Crippen molar-refractivity contribution in [2.45, 2.75) is 19.1 Å². The molecule has 7 heteroatoms. The zero-order chi connectivity index (χ0) is 19.4. The smallest absolute Gasteiger partial charge is 0.281 e. The monoisotopic (exact) mass is 372 g/mol. The van der Waals surface area contributed by atoms with Gasteiger partial charge in [-0.15, -0.1) is 0 Å². The quantitative estimate of drug-likeness (QED) is 0.624. The zero-order valence-corrected chi connectivity index (χ0v) is 15.2. The molecule has 2 aromatic rings. The van der Waals surface area contributed by atoms with Gasteiger partial charge in [-0.25, -0.2) is 4.39 Å². The Morgan fingerprint density at radius 3 is 2.67 bits per heavy atom. The summed E-state index contributed by atoms with van der Waals surface area (Å²) in [6, 6.07) is 13.1. The number of nitrogens with one attached hydrogen (secondary N) is 1. The van der Waals surface area contributed by atoms with Crippen LogP contribution in [0.4, 0.5) is 10.1 Å². The Morgan fingerprint density at radius 2 is 1.93 bits per heavy atom. The highest BCUT2D eigenvalue weighted by Crippen LogP contribution is 2.38. The number of hydrogen-bond acceptors (Lipinski definition) is 4. The van der Waals surface area contributed by atoms with E-state index in [2.05, 4.69) is 5.32 Å². The minimum atomic E-state index is -1.76. The number of fused-ring (bicyclic) bond motifs is 1. The van der Waals surface area contributed by atoms with Crippen molar-refractivity contribution >= 4 is 17.5 Å². The van der Waals surface area contributed by atoms with Gasteiger partial charge in [0.15, 0.2) is 0 Å². The Kier molecular flexibility index (Phi) is 5.41. The summed E-state index contributed by atoms with van der Waals surface area (Å²) in [7, 11) is 1.52. The van der Waals surface area contributed by atoms with Crippen LogP contribution in [0.25, 0.3) is 0 Å². The van der Waals surface area contributed by atoms with Crippen molar-refractivity contribution < 1.29 is 23.5 Å². The van der Waals surface area contributed by atoms with Crippen LogP contribution in [0, 0.1) is 5.82 Å². The lowest BCUT2D eigenvalue weighted by Crippen LogP contribution is -2.62. The molecule has 0 fully saturated rings. The molecule has 3 rings (SSSR count). The maximum Gasteiger partial charge on any atom is 0.281 e. The number of nitrogens with zero attached hydrogens (tertiary/aromatic N) is 1. The molecule has 1 aliphatic heterocycles. The van der Waals surface area contributed by atoms with Crippen molar-refractivity contribution in [1.29, 1.82) is 0 Å². The number of para-hydroxylation sites is 2. The standard InChI is InChI=1S/C20H21FN2O4/c1-20(18(24)22-11-12-26-2)19(25)23(13-14-7-3-4-8-15(14)21)16-9-5-6-10-17(16)27-20/h3-10H,11-13H2,1-2H3,(H,22,24)/t20-/m0/s1. The van der Waals surface area contributed by atoms with Gasteiger partial charge in [-0.05, 0) is 25.1 Å². The van der Waals surface area contributed by atoms with Crippen LogP contribution in [0.15, 0.2) is 48.5 Å². The molecule has 0 unspecified atom stereocenters. The summed E-state index contributed by atoms with van der Waals surface area (Å²) in [4.78, 5) is 27.2. The van der Waals surface area contributed by atoms with Gasteiger partial charge in [-0.3, -0.25) is 9.59 Å². The first-order valence-electron chi connectivity index (χ1n) is 8.58. The van der Waals surface area contributed by atoms with Crippen LogP contribution in [0.1, 0.15) is 12.5 Å². The van der Waals surface area contributed by atoms with Crippen LogP contribution in [0.5, 0.6) is 5.75 Å². The summed E-state index contributed by atoms with van der Waals surface area (Å²) in [6.07, 6.45) is 0. The van der Waals surface area contributed by atoms with Gasteiger partial charge in [0.05, 0.1) is 18.8 Å². The van der Waals surface area contributed by atoms with Gasteiger partial charge in [0.25, 0.3) is 17.4 Å². The molecule has 1 N–H and O–H groups in total. The minimum absolute atomic E-state index is 0.00712. The number of halogens is 1. The van der Waals surface area contributed by atoms with E-state index < -0.39 is 23.2 Å². The van der Waals surface area contributed by atoms with Gasteiger partial charge in [0.2, 0.25) is 0 Å². The molecule has 0 aromatic heterocycles. The second-order valence-electron chi connectivity index (χ2n) is 6.33. The first kappa shape index (κ1) is 18.8. The van der Waals surface area contributed by atoms with Gasteiger partial charge in [0.1, 0.15) is 11.6 Å². The largest absolute Gasteiger partial charge is 0.466 e. The van der Waals surface area contributed by atoms with Gasteiger partial charge in [0, 0.05) is 19.2 Å². The number of anilines is 1. The van der Waals surface area contributed by atoms with E-state index in [1.54, 1.807) is 42.5 Å². The van der Waals surface area contributed by atoms with E-state index in [-0.39, 0.29) is 13.1 Å². The lowest BCUT2D eigenvalue weighted by molar-refractivity contribution is -0.148. The highest BCUT2D eigenvalue weighted by Gasteiger charge is 2.50. The predicted octanol–water partition coefficient (Wildman–Crippen LogP) is 2.27. The van der Waals surface area contributed by atoms with E-state index in [9.17, 15) is 14.0 Å². The van der Waals surface area contributed by atoms with E-state index in [1.807, 2.05) is 0 Å². The fraction of sp³-hybridized carbons (Fsp3) is 0.300. The summed E-state index contributed by atoms with van der Waals surface area (Å²) in [5.74, 6) is -1.16. The zero-order valence-electron chi connectivity index (χ0n) is 15.2. The molecule has 0 saturated carbocycles. The van der Waals surface area contributed by atoms with Crippen molar-refractivity contribution in [2.24, 2.45) is 0 Å². The number of carbonyl (C=O) groups is 2. The summed E-state index contributed by atoms with van der Waals surface area (Å²) < 4.78 is 24.8. The number of methoxy groups -OCH3 is 1. The number of hydrogen-bond donors (Lipinski definition) is 1. The maximum atomic E-state index is 14.1. The molecule has 27 heavy (non-hydrogen) atoms. The topological polar surface area (TPSA) is 67.9 Å². The van der Waals surface area contributed by atoms with Crippen molar-refractivity contribution in [1.82, 2.24) is 5.32 Å². The van der Waals surface area contributed by atoms with Crippen LogP contribution < -0.4 is 15.0 Å². The predicted molar refractivity (Wildman–Crippen MR) is 98.0 cm³/mol. The van der Waals surface area contributed by atoms with Crippen LogP contribution in [0.3, 0.4) is 0 Å². The van der Waals surface area contributed by atoms with Gasteiger partial charge in [-0.2, -0.15) is 0 Å². The lowest BCUT2D eigenvalue weighted by atomic mass is 9.99. The molecule has 0 saturated heterocycles.